The molecule has 3 aliphatic heterocycles. The van der Waals surface area contributed by atoms with Crippen molar-refractivity contribution in [1.29, 1.82) is 0 Å². The van der Waals surface area contributed by atoms with E-state index in [-0.39, 0.29) is 69.6 Å². The number of aliphatic hydroxyl groups is 1. The lowest BCUT2D eigenvalue weighted by molar-refractivity contribution is -0.147. The number of carboxylic acids is 1. The molecule has 0 aliphatic carbocycles. The lowest BCUT2D eigenvalue weighted by atomic mass is 10.0. The molecule has 1 aromatic heterocycles. The number of guanidine groups is 2. The minimum Gasteiger partial charge on any atom is -0.480 e. The summed E-state index contributed by atoms with van der Waals surface area (Å²) in [4.78, 5) is 135. The minimum absolute atomic E-state index is 0.00653. The van der Waals surface area contributed by atoms with E-state index < -0.39 is 109 Å². The van der Waals surface area contributed by atoms with E-state index in [2.05, 4.69) is 36.6 Å². The molecule has 4 heterocycles. The summed E-state index contributed by atoms with van der Waals surface area (Å²) >= 11 is 1.32. The van der Waals surface area contributed by atoms with Crippen LogP contribution in [0.1, 0.15) is 74.6 Å². The molecule has 3 fully saturated rings. The first kappa shape index (κ1) is 58.5. The Labute approximate surface area is 438 Å². The summed E-state index contributed by atoms with van der Waals surface area (Å²) in [5.41, 5.74) is 28.3. The normalized spacial score (nSPS) is 19.1. The Morgan fingerprint density at radius 3 is 1.79 bits per heavy atom. The molecule has 0 radical (unpaired) electrons. The molecule has 75 heavy (non-hydrogen) atoms. The molecule has 5 rings (SSSR count). The van der Waals surface area contributed by atoms with Crippen LogP contribution in [0, 0.1) is 0 Å². The number of nitrogens with one attached hydrogen (secondary N) is 5. The van der Waals surface area contributed by atoms with Crippen molar-refractivity contribution in [3.8, 4) is 0 Å². The fourth-order valence-corrected chi connectivity index (χ4v) is 10.1. The number of carbonyl (C=O) groups excluding carboxylic acids is 8. The van der Waals surface area contributed by atoms with Gasteiger partial charge in [-0.2, -0.15) is 0 Å². The number of likely N-dealkylation sites (tertiary alicyclic amines) is 3. The highest BCUT2D eigenvalue weighted by Crippen LogP contribution is 2.26. The Morgan fingerprint density at radius 2 is 1.20 bits per heavy atom. The second-order valence-corrected chi connectivity index (χ2v) is 19.6. The standard InChI is InChI=1S/C48H71N15O11S/c49-30(13-4-18-54-47(50)51)43(70)63-22-8-17-37(63)45(72)62-21-6-15-35(62)41(68)56-26-38(65)57-32(24-28-10-2-1-3-11-28)39(66)60-34(27-64)44(71)61-20-7-16-36(61)42(69)59-33(25-29-12-9-23-75-29)40(67)58-31(46(73)74)14-5-19-55-48(52)53/h1-3,9-12,23,30-37,64H,4-8,13-22,24-27,49H2,(H,56,68)(H,57,65)(H,58,67)(H,59,69)(H,60,66)(H,73,74)(H4,50,51,54)(H4,52,53,55)/t30-,31-,32-,33-,34-,35-,36-,37-/m0/s1. The molecule has 0 spiro atoms. The second-order valence-electron chi connectivity index (χ2n) is 18.6. The fraction of sp³-hybridized carbons (Fsp3) is 0.562. The Kier molecular flexibility index (Phi) is 22.5. The molecule has 8 atom stereocenters. The first-order valence-electron chi connectivity index (χ1n) is 25.0. The molecule has 27 heteroatoms. The number of hydrogen-bond donors (Lipinski definition) is 12. The van der Waals surface area contributed by atoms with Crippen molar-refractivity contribution in [2.75, 3.05) is 45.9 Å². The van der Waals surface area contributed by atoms with Crippen molar-refractivity contribution in [3.63, 3.8) is 0 Å². The SMILES string of the molecule is NC(N)=NCCC[C@H](NC(=O)[C@H](Cc1cccs1)NC(=O)[C@@H]1CCCN1C(=O)[C@H](CO)NC(=O)[C@H](Cc1ccccc1)NC(=O)CNC(=O)[C@@H]1CCCN1C(=O)[C@@H]1CCCN1C(=O)[C@@H](N)CCCN=C(N)N)C(=O)O. The summed E-state index contributed by atoms with van der Waals surface area (Å²) < 4.78 is 0. The molecule has 26 nitrogen and oxygen atoms in total. The lowest BCUT2D eigenvalue weighted by Gasteiger charge is -2.32. The number of thiophene rings is 1. The maximum Gasteiger partial charge on any atom is 0.326 e. The molecule has 410 valence electrons. The number of carbonyl (C=O) groups is 9. The largest absolute Gasteiger partial charge is 0.480 e. The second kappa shape index (κ2) is 28.9. The average Bonchev–Trinajstić information content (AvgIpc) is 4.25. The topological polar surface area (TPSA) is 419 Å². The molecule has 0 bridgehead atoms. The van der Waals surface area contributed by atoms with Crippen molar-refractivity contribution in [2.45, 2.75) is 125 Å². The molecule has 0 saturated carbocycles. The number of nitrogens with two attached hydrogens (primary N) is 5. The van der Waals surface area contributed by atoms with Crippen LogP contribution >= 0.6 is 11.3 Å². The smallest absolute Gasteiger partial charge is 0.326 e. The number of rotatable bonds is 27. The molecule has 17 N–H and O–H groups in total. The number of benzene rings is 1. The molecule has 1 aromatic carbocycles. The van der Waals surface area contributed by atoms with Crippen LogP contribution in [0.4, 0.5) is 0 Å². The monoisotopic (exact) mass is 1070 g/mol. The van der Waals surface area contributed by atoms with Gasteiger partial charge in [-0.05, 0) is 81.2 Å². The number of hydrogen-bond acceptors (Lipinski definition) is 14. The van der Waals surface area contributed by atoms with Gasteiger partial charge >= 0.3 is 5.97 Å². The highest BCUT2D eigenvalue weighted by atomic mass is 32.1. The quantitative estimate of drug-likeness (QED) is 0.0231. The summed E-state index contributed by atoms with van der Waals surface area (Å²) in [6, 6.07) is 2.88. The third-order valence-corrected chi connectivity index (χ3v) is 14.0. The van der Waals surface area contributed by atoms with Crippen molar-refractivity contribution < 1.29 is 53.4 Å². The lowest BCUT2D eigenvalue weighted by Crippen LogP contribution is -2.60. The molecule has 3 saturated heterocycles. The van der Waals surface area contributed by atoms with E-state index in [4.69, 9.17) is 28.7 Å². The Balaban J connectivity index is 1.20. The average molecular weight is 1070 g/mol. The van der Waals surface area contributed by atoms with E-state index in [1.165, 1.54) is 26.0 Å². The molecule has 2 aromatic rings. The van der Waals surface area contributed by atoms with Gasteiger partial charge in [0.25, 0.3) is 0 Å². The van der Waals surface area contributed by atoms with Crippen LogP contribution < -0.4 is 55.3 Å². The van der Waals surface area contributed by atoms with Crippen LogP contribution in [0.15, 0.2) is 57.8 Å². The number of aliphatic hydroxyl groups excluding tert-OH is 1. The third kappa shape index (κ3) is 17.3. The molecule has 3 aliphatic rings. The van der Waals surface area contributed by atoms with Crippen LogP contribution in [-0.4, -0.2) is 184 Å². The molecular weight excluding hydrogens is 995 g/mol. The van der Waals surface area contributed by atoms with Gasteiger partial charge in [0.05, 0.1) is 19.2 Å². The summed E-state index contributed by atoms with van der Waals surface area (Å²) in [6.07, 6.45) is 3.20. The Hall–Kier alpha value is -7.39. The van der Waals surface area contributed by atoms with Gasteiger partial charge in [-0.3, -0.25) is 48.3 Å². The summed E-state index contributed by atoms with van der Waals surface area (Å²) in [5, 5.41) is 35.0. The van der Waals surface area contributed by atoms with E-state index in [1.807, 2.05) is 0 Å². The van der Waals surface area contributed by atoms with E-state index in [0.29, 0.717) is 68.5 Å². The van der Waals surface area contributed by atoms with Gasteiger partial charge in [0.2, 0.25) is 47.3 Å². The number of nitrogens with zero attached hydrogens (tertiary/aromatic N) is 5. The summed E-state index contributed by atoms with van der Waals surface area (Å²) in [6.45, 7) is -0.421. The first-order valence-corrected chi connectivity index (χ1v) is 25.9. The van der Waals surface area contributed by atoms with Gasteiger partial charge in [0.1, 0.15) is 42.3 Å². The highest BCUT2D eigenvalue weighted by Gasteiger charge is 2.44. The van der Waals surface area contributed by atoms with Crippen LogP contribution in [0.5, 0.6) is 0 Å². The minimum atomic E-state index is -1.58. The zero-order chi connectivity index (χ0) is 54.6. The Morgan fingerprint density at radius 1 is 0.640 bits per heavy atom. The number of aliphatic carboxylic acids is 1. The summed E-state index contributed by atoms with van der Waals surface area (Å²) in [7, 11) is 0. The zero-order valence-corrected chi connectivity index (χ0v) is 42.6. The van der Waals surface area contributed by atoms with Crippen molar-refractivity contribution in [3.05, 3.63) is 58.3 Å². The van der Waals surface area contributed by atoms with E-state index in [9.17, 15) is 53.4 Å². The van der Waals surface area contributed by atoms with Gasteiger partial charge < -0.3 is 80.2 Å². The molecule has 0 unspecified atom stereocenters. The third-order valence-electron chi connectivity index (χ3n) is 13.1. The number of carboxylic acid groups (broad SMARTS) is 1. The number of amides is 8. The van der Waals surface area contributed by atoms with Crippen LogP contribution in [0.3, 0.4) is 0 Å². The molecule has 8 amide bonds. The van der Waals surface area contributed by atoms with Crippen molar-refractivity contribution in [1.82, 2.24) is 41.3 Å². The van der Waals surface area contributed by atoms with Crippen LogP contribution in [0.2, 0.25) is 0 Å². The summed E-state index contributed by atoms with van der Waals surface area (Å²) in [5.74, 6) is -6.89. The predicted molar refractivity (Wildman–Crippen MR) is 276 cm³/mol. The first-order chi connectivity index (χ1) is 35.9. The van der Waals surface area contributed by atoms with E-state index in [1.54, 1.807) is 47.8 Å². The van der Waals surface area contributed by atoms with Gasteiger partial charge in [-0.15, -0.1) is 11.3 Å². The van der Waals surface area contributed by atoms with Gasteiger partial charge in [0.15, 0.2) is 11.9 Å². The van der Waals surface area contributed by atoms with E-state index >= 15 is 0 Å². The number of aliphatic imine (C=N–C) groups is 2. The highest BCUT2D eigenvalue weighted by molar-refractivity contribution is 7.09. The van der Waals surface area contributed by atoms with Gasteiger partial charge in [-0.1, -0.05) is 36.4 Å². The van der Waals surface area contributed by atoms with E-state index in [0.717, 1.165) is 0 Å². The van der Waals surface area contributed by atoms with Crippen LogP contribution in [0.25, 0.3) is 0 Å². The van der Waals surface area contributed by atoms with Crippen molar-refractivity contribution >= 4 is 76.5 Å². The maximum atomic E-state index is 14.1. The fourth-order valence-electron chi connectivity index (χ4n) is 9.33. The molecular formula is C48H71N15O11S. The maximum absolute atomic E-state index is 14.1. The van der Waals surface area contributed by atoms with Gasteiger partial charge in [0, 0.05) is 50.4 Å². The zero-order valence-electron chi connectivity index (χ0n) is 41.8. The van der Waals surface area contributed by atoms with Crippen molar-refractivity contribution in [2.24, 2.45) is 38.7 Å². The predicted octanol–water partition coefficient (Wildman–Crippen LogP) is -3.93. The van der Waals surface area contributed by atoms with Crippen LogP contribution in [-0.2, 0) is 56.0 Å². The van der Waals surface area contributed by atoms with Gasteiger partial charge in [-0.25, -0.2) is 4.79 Å². The Bertz CT molecular complexity index is 2370.